The zero-order valence-electron chi connectivity index (χ0n) is 11.8. The first-order valence-electron chi connectivity index (χ1n) is 7.42. The van der Waals surface area contributed by atoms with Gasteiger partial charge in [-0.05, 0) is 24.7 Å². The van der Waals surface area contributed by atoms with Crippen LogP contribution < -0.4 is 5.32 Å². The van der Waals surface area contributed by atoms with Gasteiger partial charge >= 0.3 is 12.0 Å². The summed E-state index contributed by atoms with van der Waals surface area (Å²) in [4.78, 5) is 32.3. The summed E-state index contributed by atoms with van der Waals surface area (Å²) in [7, 11) is 0. The van der Waals surface area contributed by atoms with Gasteiger partial charge in [-0.15, -0.1) is 0 Å². The number of nitrogens with zero attached hydrogens (tertiary/aromatic N) is 2. The van der Waals surface area contributed by atoms with Crippen molar-refractivity contribution in [3.8, 4) is 0 Å². The van der Waals surface area contributed by atoms with E-state index < -0.39 is 12.0 Å². The van der Waals surface area contributed by atoms with Crippen LogP contribution in [0.1, 0.15) is 25.1 Å². The van der Waals surface area contributed by atoms with Crippen LogP contribution in [0.5, 0.6) is 0 Å². The molecule has 2 amide bonds. The van der Waals surface area contributed by atoms with Gasteiger partial charge in [-0.25, -0.2) is 14.6 Å². The lowest BCUT2D eigenvalue weighted by Gasteiger charge is -2.24. The molecule has 2 heterocycles. The highest BCUT2D eigenvalue weighted by Crippen LogP contribution is 2.42. The van der Waals surface area contributed by atoms with Gasteiger partial charge in [0, 0.05) is 31.9 Å². The van der Waals surface area contributed by atoms with E-state index in [0.29, 0.717) is 25.4 Å². The molecule has 21 heavy (non-hydrogen) atoms. The van der Waals surface area contributed by atoms with E-state index in [-0.39, 0.29) is 11.9 Å². The molecule has 1 saturated heterocycles. The summed E-state index contributed by atoms with van der Waals surface area (Å²) in [5.74, 6) is 0.397. The van der Waals surface area contributed by atoms with E-state index in [2.05, 4.69) is 15.3 Å². The standard InChI is InChI=1S/C14H20N4O3/c19-13(20)12-10-3-1-2-9(10)8-18(12)14(21)17-5-4-11-15-6-7-16-11/h6-7,9-10,12H,1-5,8H2,(H,15,16)(H,17,21)(H,19,20). The number of fused-ring (bicyclic) bond motifs is 1. The van der Waals surface area contributed by atoms with Crippen LogP contribution in [0.25, 0.3) is 0 Å². The second-order valence-electron chi connectivity index (χ2n) is 5.81. The quantitative estimate of drug-likeness (QED) is 0.766. The zero-order valence-corrected chi connectivity index (χ0v) is 11.8. The van der Waals surface area contributed by atoms with Crippen LogP contribution in [0.15, 0.2) is 12.4 Å². The Bertz CT molecular complexity index is 516. The number of aromatic amines is 1. The molecule has 114 valence electrons. The number of rotatable bonds is 4. The van der Waals surface area contributed by atoms with Crippen LogP contribution in [-0.4, -0.2) is 51.1 Å². The fraction of sp³-hybridized carbons (Fsp3) is 0.643. The van der Waals surface area contributed by atoms with Crippen molar-refractivity contribution in [2.45, 2.75) is 31.7 Å². The lowest BCUT2D eigenvalue weighted by atomic mass is 9.94. The van der Waals surface area contributed by atoms with E-state index in [1.807, 2.05) is 0 Å². The van der Waals surface area contributed by atoms with Crippen LogP contribution in [0, 0.1) is 11.8 Å². The molecule has 1 aliphatic carbocycles. The molecule has 3 unspecified atom stereocenters. The van der Waals surface area contributed by atoms with Gasteiger partial charge in [0.2, 0.25) is 0 Å². The van der Waals surface area contributed by atoms with Gasteiger partial charge in [0.25, 0.3) is 0 Å². The average molecular weight is 292 g/mol. The van der Waals surface area contributed by atoms with Gasteiger partial charge in [0.05, 0.1) is 0 Å². The minimum atomic E-state index is -0.884. The molecule has 1 aromatic heterocycles. The lowest BCUT2D eigenvalue weighted by molar-refractivity contribution is -0.142. The number of nitrogens with one attached hydrogen (secondary N) is 2. The molecule has 0 aromatic carbocycles. The van der Waals surface area contributed by atoms with E-state index in [9.17, 15) is 14.7 Å². The number of likely N-dealkylation sites (tertiary alicyclic amines) is 1. The minimum absolute atomic E-state index is 0.123. The molecule has 1 saturated carbocycles. The summed E-state index contributed by atoms with van der Waals surface area (Å²) < 4.78 is 0. The Hall–Kier alpha value is -2.05. The number of hydrogen-bond acceptors (Lipinski definition) is 3. The second kappa shape index (κ2) is 5.75. The summed E-state index contributed by atoms with van der Waals surface area (Å²) >= 11 is 0. The van der Waals surface area contributed by atoms with Gasteiger partial charge in [0.1, 0.15) is 11.9 Å². The van der Waals surface area contributed by atoms with Crippen LogP contribution in [0.3, 0.4) is 0 Å². The number of carboxylic acid groups (broad SMARTS) is 1. The van der Waals surface area contributed by atoms with Crippen LogP contribution in [0.4, 0.5) is 4.79 Å². The summed E-state index contributed by atoms with van der Waals surface area (Å²) in [6.07, 6.45) is 7.03. The van der Waals surface area contributed by atoms with Gasteiger partial charge in [-0.1, -0.05) is 6.42 Å². The maximum atomic E-state index is 12.2. The van der Waals surface area contributed by atoms with Crippen molar-refractivity contribution >= 4 is 12.0 Å². The molecular weight excluding hydrogens is 272 g/mol. The number of carbonyl (C=O) groups excluding carboxylic acids is 1. The fourth-order valence-corrected chi connectivity index (χ4v) is 3.65. The number of imidazole rings is 1. The van der Waals surface area contributed by atoms with Gasteiger partial charge in [-0.3, -0.25) is 0 Å². The normalized spacial score (nSPS) is 27.6. The molecule has 3 atom stereocenters. The van der Waals surface area contributed by atoms with Crippen molar-refractivity contribution in [2.24, 2.45) is 11.8 Å². The van der Waals surface area contributed by atoms with E-state index in [4.69, 9.17) is 0 Å². The first kappa shape index (κ1) is 13.9. The average Bonchev–Trinajstić information content (AvgIpc) is 3.13. The number of carboxylic acids is 1. The third-order valence-corrected chi connectivity index (χ3v) is 4.60. The number of urea groups is 1. The van der Waals surface area contributed by atoms with Crippen molar-refractivity contribution in [1.29, 1.82) is 0 Å². The molecule has 1 aliphatic heterocycles. The molecular formula is C14H20N4O3. The molecule has 2 aliphatic rings. The topological polar surface area (TPSA) is 98.3 Å². The number of amides is 2. The van der Waals surface area contributed by atoms with Crippen LogP contribution >= 0.6 is 0 Å². The number of aromatic nitrogens is 2. The molecule has 7 nitrogen and oxygen atoms in total. The first-order chi connectivity index (χ1) is 10.2. The molecule has 0 radical (unpaired) electrons. The first-order valence-corrected chi connectivity index (χ1v) is 7.42. The number of hydrogen-bond donors (Lipinski definition) is 3. The minimum Gasteiger partial charge on any atom is -0.480 e. The molecule has 7 heteroatoms. The molecule has 3 N–H and O–H groups in total. The van der Waals surface area contributed by atoms with Gasteiger partial charge in [-0.2, -0.15) is 0 Å². The summed E-state index contributed by atoms with van der Waals surface area (Å²) in [5.41, 5.74) is 0. The van der Waals surface area contributed by atoms with Crippen LogP contribution in [0.2, 0.25) is 0 Å². The number of aliphatic carboxylic acids is 1. The zero-order chi connectivity index (χ0) is 14.8. The van der Waals surface area contributed by atoms with Crippen molar-refractivity contribution in [3.63, 3.8) is 0 Å². The third-order valence-electron chi connectivity index (χ3n) is 4.60. The molecule has 1 aromatic rings. The van der Waals surface area contributed by atoms with E-state index in [1.165, 1.54) is 4.90 Å². The maximum absolute atomic E-state index is 12.2. The Morgan fingerprint density at radius 3 is 3.05 bits per heavy atom. The predicted octanol–water partition coefficient (Wildman–Crippen LogP) is 0.847. The van der Waals surface area contributed by atoms with Crippen molar-refractivity contribution in [1.82, 2.24) is 20.2 Å². The second-order valence-corrected chi connectivity index (χ2v) is 5.81. The van der Waals surface area contributed by atoms with Gasteiger partial charge < -0.3 is 20.3 Å². The molecule has 3 rings (SSSR count). The van der Waals surface area contributed by atoms with Gasteiger partial charge in [0.15, 0.2) is 0 Å². The Labute approximate surface area is 122 Å². The Balaban J connectivity index is 1.57. The predicted molar refractivity (Wildman–Crippen MR) is 74.7 cm³/mol. The van der Waals surface area contributed by atoms with Crippen molar-refractivity contribution in [3.05, 3.63) is 18.2 Å². The molecule has 0 spiro atoms. The Morgan fingerprint density at radius 2 is 2.33 bits per heavy atom. The number of carbonyl (C=O) groups is 2. The monoisotopic (exact) mass is 292 g/mol. The maximum Gasteiger partial charge on any atom is 0.326 e. The molecule has 2 fully saturated rings. The van der Waals surface area contributed by atoms with Crippen LogP contribution in [-0.2, 0) is 11.2 Å². The summed E-state index contributed by atoms with van der Waals surface area (Å²) in [6, 6.07) is -0.940. The summed E-state index contributed by atoms with van der Waals surface area (Å²) in [6.45, 7) is 1.01. The largest absolute Gasteiger partial charge is 0.480 e. The Kier molecular flexibility index (Phi) is 3.81. The van der Waals surface area contributed by atoms with E-state index in [1.54, 1.807) is 12.4 Å². The SMILES string of the molecule is O=C(O)C1C2CCCC2CN1C(=O)NCCc1ncc[nH]1. The highest BCUT2D eigenvalue weighted by Gasteiger charge is 2.49. The lowest BCUT2D eigenvalue weighted by Crippen LogP contribution is -2.48. The highest BCUT2D eigenvalue weighted by atomic mass is 16.4. The summed E-state index contributed by atoms with van der Waals surface area (Å²) in [5, 5.41) is 12.2. The molecule has 0 bridgehead atoms. The fourth-order valence-electron chi connectivity index (χ4n) is 3.65. The van der Waals surface area contributed by atoms with E-state index >= 15 is 0 Å². The Morgan fingerprint density at radius 1 is 1.48 bits per heavy atom. The third kappa shape index (κ3) is 2.72. The van der Waals surface area contributed by atoms with Crippen molar-refractivity contribution in [2.75, 3.05) is 13.1 Å². The van der Waals surface area contributed by atoms with Crippen molar-refractivity contribution < 1.29 is 14.7 Å². The highest BCUT2D eigenvalue weighted by molar-refractivity contribution is 5.83. The number of H-pyrrole nitrogens is 1. The van der Waals surface area contributed by atoms with E-state index in [0.717, 1.165) is 25.1 Å². The smallest absolute Gasteiger partial charge is 0.326 e.